The van der Waals surface area contributed by atoms with Crippen LogP contribution in [0.5, 0.6) is 0 Å². The van der Waals surface area contributed by atoms with E-state index in [0.29, 0.717) is 46.2 Å². The molecule has 21 nitrogen and oxygen atoms in total. The molecule has 0 aliphatic heterocycles. The average Bonchev–Trinajstić information content (AvgIpc) is 1.84. The van der Waals surface area contributed by atoms with Gasteiger partial charge >= 0.3 is 41.8 Å². The molecule has 1 unspecified atom stereocenters. The van der Waals surface area contributed by atoms with E-state index >= 15 is 0 Å². The molecule has 0 spiro atoms. The van der Waals surface area contributed by atoms with Crippen LogP contribution in [0.2, 0.25) is 0 Å². The van der Waals surface area contributed by atoms with Gasteiger partial charge in [-0.3, -0.25) is 33.6 Å². The predicted octanol–water partition coefficient (Wildman–Crippen LogP) is 19.7. The Morgan fingerprint density at radius 1 is 0.187 bits per heavy atom. The Morgan fingerprint density at radius 3 is 0.480 bits per heavy atom. The van der Waals surface area contributed by atoms with E-state index in [1.807, 2.05) is 0 Å². The van der Waals surface area contributed by atoms with Crippen molar-refractivity contribution < 1.29 is 98.1 Å². The molecule has 0 bridgehead atoms. The van der Waals surface area contributed by atoms with Crippen LogP contribution in [0.25, 0.3) is 0 Å². The highest BCUT2D eigenvalue weighted by Crippen LogP contribution is 2.32. The van der Waals surface area contributed by atoms with Gasteiger partial charge in [0.05, 0.1) is 182 Å². The maximum atomic E-state index is 12.1. The highest BCUT2D eigenvalue weighted by molar-refractivity contribution is 5.75. The molecular weight excluding hydrogens is 1550 g/mol. The zero-order valence-corrected chi connectivity index (χ0v) is 84.8. The highest BCUT2D eigenvalue weighted by Gasteiger charge is 2.34. The van der Waals surface area contributed by atoms with E-state index in [-0.39, 0.29) is 83.2 Å². The van der Waals surface area contributed by atoms with Gasteiger partial charge < -0.3 is 64.5 Å². The standard InChI is InChI=1S/2C17H34NO2.C16H32NO2.C15H30NO2.C14H28NO2.C12H24NO2.C11H22NO2/c1-4-12-18(6-3,13-5-2)14-15-20-17(19)16-10-8-7-9-11-16;1-4-7-13-18(6-3,12-5-2)14-15-20-17(19)16-10-8-9-11-16;1-4-11-17(6-3,12-5-2)13-14-19-16(18)15-9-7-8-10-15;1-4-16(5-2,6-3)12-13-18-15(17)14-10-8-7-9-11-14;1-4-15(5-2,6-3)11-12-17-14(16)13-9-7-8-10-13;1-13(2,3)9-10-15-12(14)11-7-5-4-6-8-11;1-12(2,3)8-9-14-11(13)10-6-4-5-7-10/h2*16H,4-15H2,1-3H3;15H,4-14H2,1-3H3;14H,4-13H2,1-3H3;13H,4-12H2,1-3H3;11H,4-10H2,1-3H3;10H,4-9H2,1-3H3/q7*+1. The minimum absolute atomic E-state index is 0.0240. The molecule has 724 valence electrons. The van der Waals surface area contributed by atoms with Crippen molar-refractivity contribution in [2.75, 3.05) is 233 Å². The molecule has 21 heteroatoms. The quantitative estimate of drug-likeness (QED) is 0.0318. The first-order chi connectivity index (χ1) is 58.8. The molecule has 0 aromatic rings. The van der Waals surface area contributed by atoms with Crippen LogP contribution in [0.4, 0.5) is 0 Å². The van der Waals surface area contributed by atoms with Crippen LogP contribution in [0.15, 0.2) is 0 Å². The summed E-state index contributed by atoms with van der Waals surface area (Å²) in [5.41, 5.74) is 0. The number of ether oxygens (including phenoxy) is 7. The molecule has 7 saturated carbocycles. The molecule has 7 aliphatic carbocycles. The van der Waals surface area contributed by atoms with Gasteiger partial charge in [0, 0.05) is 0 Å². The normalized spacial score (nSPS) is 17.9. The topological polar surface area (TPSA) is 184 Å². The van der Waals surface area contributed by atoms with Crippen molar-refractivity contribution in [3.05, 3.63) is 0 Å². The molecule has 0 aromatic heterocycles. The lowest BCUT2D eigenvalue weighted by Gasteiger charge is -2.37. The van der Waals surface area contributed by atoms with Crippen LogP contribution in [-0.4, -0.2) is 306 Å². The van der Waals surface area contributed by atoms with E-state index < -0.39 is 0 Å². The zero-order chi connectivity index (χ0) is 91.9. The van der Waals surface area contributed by atoms with Gasteiger partial charge in [0.15, 0.2) is 0 Å². The monoisotopic (exact) mass is 1750 g/mol. The fourth-order valence-electron chi connectivity index (χ4n) is 19.6. The Balaban J connectivity index is 0.000000720. The molecule has 7 aliphatic rings. The largest absolute Gasteiger partial charge is 0.459 e. The second kappa shape index (κ2) is 68.1. The fraction of sp³-hybridized carbons (Fsp3) is 0.931. The lowest BCUT2D eigenvalue weighted by molar-refractivity contribution is -0.927. The summed E-state index contributed by atoms with van der Waals surface area (Å²) in [6.07, 6.45) is 43.6. The number of esters is 7. The van der Waals surface area contributed by atoms with Crippen molar-refractivity contribution in [2.45, 2.75) is 348 Å². The zero-order valence-electron chi connectivity index (χ0n) is 84.8. The fourth-order valence-corrected chi connectivity index (χ4v) is 19.6. The number of likely N-dealkylation sites (N-methyl/N-ethyl adjacent to an activating group) is 7. The van der Waals surface area contributed by atoms with Crippen molar-refractivity contribution in [1.29, 1.82) is 0 Å². The Bertz CT molecular complexity index is 2650. The van der Waals surface area contributed by atoms with Gasteiger partial charge in [0.2, 0.25) is 0 Å². The van der Waals surface area contributed by atoms with Gasteiger partial charge in [-0.2, -0.15) is 0 Å². The first kappa shape index (κ1) is 117. The Kier molecular flexibility index (Phi) is 64.8. The van der Waals surface area contributed by atoms with E-state index in [4.69, 9.17) is 33.2 Å². The maximum absolute atomic E-state index is 12.1. The Labute approximate surface area is 757 Å². The second-order valence-electron chi connectivity index (χ2n) is 40.0. The minimum Gasteiger partial charge on any atom is -0.459 e. The summed E-state index contributed by atoms with van der Waals surface area (Å²) >= 11 is 0. The lowest BCUT2D eigenvalue weighted by atomic mass is 9.89. The van der Waals surface area contributed by atoms with Crippen molar-refractivity contribution >= 4 is 41.8 Å². The van der Waals surface area contributed by atoms with Crippen molar-refractivity contribution in [1.82, 2.24) is 0 Å². The van der Waals surface area contributed by atoms with Gasteiger partial charge in [0.25, 0.3) is 0 Å². The van der Waals surface area contributed by atoms with Crippen LogP contribution < -0.4 is 0 Å². The summed E-state index contributed by atoms with van der Waals surface area (Å²) in [4.78, 5) is 82.8. The molecule has 0 N–H and O–H groups in total. The minimum atomic E-state index is 0.0240. The number of quaternary nitrogens is 7. The average molecular weight is 1750 g/mol. The molecule has 0 aromatic carbocycles. The Hall–Kier alpha value is -3.99. The molecule has 7 fully saturated rings. The molecule has 0 amide bonds. The summed E-state index contributed by atoms with van der Waals surface area (Å²) in [5, 5.41) is 0. The molecule has 0 radical (unpaired) electrons. The first-order valence-corrected chi connectivity index (χ1v) is 51.9. The summed E-state index contributed by atoms with van der Waals surface area (Å²) < 4.78 is 45.2. The van der Waals surface area contributed by atoms with E-state index in [2.05, 4.69) is 146 Å². The smallest absolute Gasteiger partial charge is 0.309 e. The van der Waals surface area contributed by atoms with Gasteiger partial charge in [0.1, 0.15) is 92.1 Å². The van der Waals surface area contributed by atoms with Gasteiger partial charge in [-0.05, 0) is 191 Å². The van der Waals surface area contributed by atoms with Crippen LogP contribution in [-0.2, 0) is 66.7 Å². The number of rotatable bonds is 50. The van der Waals surface area contributed by atoms with E-state index in [9.17, 15) is 33.6 Å². The highest BCUT2D eigenvalue weighted by atomic mass is 16.6. The van der Waals surface area contributed by atoms with Crippen LogP contribution in [0.1, 0.15) is 348 Å². The van der Waals surface area contributed by atoms with Crippen molar-refractivity contribution in [3.63, 3.8) is 0 Å². The molecule has 0 saturated heterocycles. The number of hydrogen-bond donors (Lipinski definition) is 0. The van der Waals surface area contributed by atoms with Gasteiger partial charge in [-0.15, -0.1) is 0 Å². The van der Waals surface area contributed by atoms with E-state index in [0.717, 1.165) is 226 Å². The van der Waals surface area contributed by atoms with Crippen LogP contribution in [0.3, 0.4) is 0 Å². The number of carbonyl (C=O) groups excluding carboxylic acids is 7. The number of unbranched alkanes of at least 4 members (excludes halogenated alkanes) is 1. The SMILES string of the molecule is CCCC[N+](CC)(CCC)CCOC(=O)C1CCCC1.CCC[N+](CC)(CCC)CCOC(=O)C1CCCC1.CCC[N+](CC)(CCC)CCOC(=O)C1CCCCC1.CC[N+](CC)(CC)CCOC(=O)C1CCCC1.CC[N+](CC)(CC)CCOC(=O)C1CCCCC1.C[N+](C)(C)CCOC(=O)C1CCCC1.C[N+](C)(C)CCOC(=O)C1CCCCC1. The summed E-state index contributed by atoms with van der Waals surface area (Å²) in [5.74, 6) is 1.67. The summed E-state index contributed by atoms with van der Waals surface area (Å²) in [7, 11) is 12.6. The summed E-state index contributed by atoms with van der Waals surface area (Å²) in [6, 6.07) is 0. The third-order valence-electron chi connectivity index (χ3n) is 29.1. The second-order valence-corrected chi connectivity index (χ2v) is 40.0. The third-order valence-corrected chi connectivity index (χ3v) is 29.1. The van der Waals surface area contributed by atoms with E-state index in [1.165, 1.54) is 193 Å². The molecule has 1 atom stereocenters. The first-order valence-electron chi connectivity index (χ1n) is 51.9. The molecular formula is C102H204N7O14+7. The lowest BCUT2D eigenvalue weighted by Crippen LogP contribution is -2.51. The molecule has 7 rings (SSSR count). The molecule has 0 heterocycles. The molecule has 123 heavy (non-hydrogen) atoms. The van der Waals surface area contributed by atoms with Crippen molar-refractivity contribution in [2.24, 2.45) is 41.4 Å². The number of carbonyl (C=O) groups is 7. The van der Waals surface area contributed by atoms with Gasteiger partial charge in [-0.25, -0.2) is 0 Å². The van der Waals surface area contributed by atoms with Crippen molar-refractivity contribution in [3.8, 4) is 0 Å². The van der Waals surface area contributed by atoms with Crippen LogP contribution >= 0.6 is 0 Å². The third kappa shape index (κ3) is 50.7. The van der Waals surface area contributed by atoms with Crippen LogP contribution in [0, 0.1) is 41.4 Å². The number of hydrogen-bond acceptors (Lipinski definition) is 14. The summed E-state index contributed by atoms with van der Waals surface area (Å²) in [6.45, 7) is 61.6. The van der Waals surface area contributed by atoms with E-state index in [1.54, 1.807) is 0 Å². The van der Waals surface area contributed by atoms with Gasteiger partial charge in [-0.1, -0.05) is 157 Å². The maximum Gasteiger partial charge on any atom is 0.309 e. The number of nitrogens with zero attached hydrogens (tertiary/aromatic N) is 7. The Morgan fingerprint density at radius 2 is 0.333 bits per heavy atom. The predicted molar refractivity (Wildman–Crippen MR) is 506 cm³/mol.